The molecule has 2 aromatic carbocycles. The Labute approximate surface area is 142 Å². The fourth-order valence-corrected chi connectivity index (χ4v) is 2.71. The molecule has 4 rings (SSSR count). The minimum atomic E-state index is -0.394. The molecule has 0 amide bonds. The third kappa shape index (κ3) is 2.69. The predicted octanol–water partition coefficient (Wildman–Crippen LogP) is 2.47. The van der Waals surface area contributed by atoms with Crippen molar-refractivity contribution in [1.29, 1.82) is 0 Å². The van der Waals surface area contributed by atoms with Crippen LogP contribution in [-0.2, 0) is 6.54 Å². The zero-order valence-electron chi connectivity index (χ0n) is 13.4. The van der Waals surface area contributed by atoms with Crippen LogP contribution in [0.4, 0.5) is 4.39 Å². The Balaban J connectivity index is 1.80. The molecule has 0 bridgehead atoms. The zero-order chi connectivity index (χ0) is 17.4. The smallest absolute Gasteiger partial charge is 0.283 e. The fraction of sp³-hybridized carbons (Fsp3) is 0.111. The number of nitrogens with zero attached hydrogens (tertiary/aromatic N) is 5. The van der Waals surface area contributed by atoms with E-state index in [4.69, 9.17) is 0 Å². The van der Waals surface area contributed by atoms with Crippen LogP contribution in [0.1, 0.15) is 11.1 Å². The van der Waals surface area contributed by atoms with Gasteiger partial charge in [0.05, 0.1) is 12.2 Å². The van der Waals surface area contributed by atoms with Gasteiger partial charge in [-0.2, -0.15) is 4.68 Å². The van der Waals surface area contributed by atoms with Crippen LogP contribution in [0.5, 0.6) is 0 Å². The second-order valence-electron chi connectivity index (χ2n) is 5.76. The molecule has 2 heterocycles. The van der Waals surface area contributed by atoms with E-state index in [0.29, 0.717) is 17.9 Å². The monoisotopic (exact) mass is 335 g/mol. The van der Waals surface area contributed by atoms with E-state index >= 15 is 0 Å². The summed E-state index contributed by atoms with van der Waals surface area (Å²) in [5.41, 5.74) is 2.76. The van der Waals surface area contributed by atoms with Gasteiger partial charge in [-0.15, -0.1) is 5.10 Å². The standard InChI is InChI=1S/C18H14FN5O/c1-12-5-2-3-6-13(12)10-23-11-20-17-16(18(23)25)21-22-24(17)15-8-4-7-14(19)9-15/h2-9,11H,10H2,1H3. The molecule has 7 heteroatoms. The average molecular weight is 335 g/mol. The zero-order valence-corrected chi connectivity index (χ0v) is 13.4. The van der Waals surface area contributed by atoms with Crippen molar-refractivity contribution in [1.82, 2.24) is 24.5 Å². The summed E-state index contributed by atoms with van der Waals surface area (Å²) in [5.74, 6) is -0.394. The number of halogens is 1. The lowest BCUT2D eigenvalue weighted by Gasteiger charge is -2.08. The van der Waals surface area contributed by atoms with E-state index in [1.165, 1.54) is 27.7 Å². The van der Waals surface area contributed by atoms with Crippen LogP contribution in [0.25, 0.3) is 16.9 Å². The highest BCUT2D eigenvalue weighted by molar-refractivity contribution is 5.70. The summed E-state index contributed by atoms with van der Waals surface area (Å²) >= 11 is 0. The molecule has 124 valence electrons. The van der Waals surface area contributed by atoms with Crippen molar-refractivity contribution < 1.29 is 4.39 Å². The third-order valence-electron chi connectivity index (χ3n) is 4.08. The van der Waals surface area contributed by atoms with Gasteiger partial charge >= 0.3 is 0 Å². The highest BCUT2D eigenvalue weighted by Gasteiger charge is 2.14. The summed E-state index contributed by atoms with van der Waals surface area (Å²) in [7, 11) is 0. The SMILES string of the molecule is Cc1ccccc1Cn1cnc2c(nnn2-c2cccc(F)c2)c1=O. The van der Waals surface area contributed by atoms with Crippen LogP contribution in [0, 0.1) is 12.7 Å². The van der Waals surface area contributed by atoms with E-state index in [1.54, 1.807) is 12.1 Å². The molecule has 0 radical (unpaired) electrons. The molecule has 0 saturated carbocycles. The quantitative estimate of drug-likeness (QED) is 0.577. The maximum absolute atomic E-state index is 13.4. The molecule has 0 aliphatic carbocycles. The van der Waals surface area contributed by atoms with Crippen molar-refractivity contribution in [2.45, 2.75) is 13.5 Å². The van der Waals surface area contributed by atoms with Crippen molar-refractivity contribution in [2.75, 3.05) is 0 Å². The van der Waals surface area contributed by atoms with Gasteiger partial charge in [-0.1, -0.05) is 35.5 Å². The molecule has 0 N–H and O–H groups in total. The van der Waals surface area contributed by atoms with Crippen molar-refractivity contribution in [3.8, 4) is 5.69 Å². The van der Waals surface area contributed by atoms with Gasteiger partial charge in [-0.25, -0.2) is 9.37 Å². The van der Waals surface area contributed by atoms with E-state index in [-0.39, 0.29) is 11.1 Å². The van der Waals surface area contributed by atoms with Crippen LogP contribution in [0.2, 0.25) is 0 Å². The molecule has 0 fully saturated rings. The Morgan fingerprint density at radius 3 is 2.76 bits per heavy atom. The second-order valence-corrected chi connectivity index (χ2v) is 5.76. The predicted molar refractivity (Wildman–Crippen MR) is 91.2 cm³/mol. The van der Waals surface area contributed by atoms with Gasteiger partial charge in [-0.05, 0) is 36.2 Å². The Kier molecular flexibility index (Phi) is 3.61. The number of rotatable bonds is 3. The Bertz CT molecular complexity index is 1130. The van der Waals surface area contributed by atoms with Gasteiger partial charge in [0.25, 0.3) is 5.56 Å². The number of hydrogen-bond acceptors (Lipinski definition) is 4. The van der Waals surface area contributed by atoms with Gasteiger partial charge < -0.3 is 0 Å². The number of aromatic nitrogens is 5. The number of hydrogen-bond donors (Lipinski definition) is 0. The summed E-state index contributed by atoms with van der Waals surface area (Å²) in [6.07, 6.45) is 1.47. The average Bonchev–Trinajstić information content (AvgIpc) is 3.04. The van der Waals surface area contributed by atoms with Crippen molar-refractivity contribution in [3.05, 3.63) is 82.2 Å². The largest absolute Gasteiger partial charge is 0.293 e. The molecule has 0 saturated heterocycles. The minimum absolute atomic E-state index is 0.153. The molecule has 6 nitrogen and oxygen atoms in total. The lowest BCUT2D eigenvalue weighted by atomic mass is 10.1. The molecule has 0 aliphatic rings. The minimum Gasteiger partial charge on any atom is -0.293 e. The second kappa shape index (κ2) is 5.94. The number of benzene rings is 2. The normalized spacial score (nSPS) is 11.1. The van der Waals surface area contributed by atoms with Gasteiger partial charge in [0.2, 0.25) is 0 Å². The summed E-state index contributed by atoms with van der Waals surface area (Å²) in [6.45, 7) is 2.40. The Morgan fingerprint density at radius 1 is 1.12 bits per heavy atom. The first-order valence-corrected chi connectivity index (χ1v) is 7.75. The van der Waals surface area contributed by atoms with Gasteiger partial charge in [0.15, 0.2) is 11.2 Å². The van der Waals surface area contributed by atoms with Crippen LogP contribution in [-0.4, -0.2) is 24.5 Å². The van der Waals surface area contributed by atoms with E-state index in [1.807, 2.05) is 31.2 Å². The Morgan fingerprint density at radius 2 is 1.96 bits per heavy atom. The maximum atomic E-state index is 13.4. The molecule has 0 atom stereocenters. The van der Waals surface area contributed by atoms with Crippen LogP contribution >= 0.6 is 0 Å². The first-order valence-electron chi connectivity index (χ1n) is 7.75. The van der Waals surface area contributed by atoms with E-state index < -0.39 is 5.82 Å². The highest BCUT2D eigenvalue weighted by Crippen LogP contribution is 2.13. The van der Waals surface area contributed by atoms with Gasteiger partial charge in [-0.3, -0.25) is 9.36 Å². The number of aryl methyl sites for hydroxylation is 1. The number of fused-ring (bicyclic) bond motifs is 1. The molecule has 25 heavy (non-hydrogen) atoms. The molecule has 0 spiro atoms. The summed E-state index contributed by atoms with van der Waals surface area (Å²) in [6, 6.07) is 13.7. The van der Waals surface area contributed by atoms with Crippen molar-refractivity contribution >= 4 is 11.2 Å². The summed E-state index contributed by atoms with van der Waals surface area (Å²) in [5, 5.41) is 7.90. The maximum Gasteiger partial charge on any atom is 0.283 e. The highest BCUT2D eigenvalue weighted by atomic mass is 19.1. The summed E-state index contributed by atoms with van der Waals surface area (Å²) in [4.78, 5) is 17.0. The van der Waals surface area contributed by atoms with Crippen molar-refractivity contribution in [2.24, 2.45) is 0 Å². The topological polar surface area (TPSA) is 65.6 Å². The van der Waals surface area contributed by atoms with Crippen LogP contribution < -0.4 is 5.56 Å². The van der Waals surface area contributed by atoms with Crippen LogP contribution in [0.15, 0.2) is 59.7 Å². The third-order valence-corrected chi connectivity index (χ3v) is 4.08. The first kappa shape index (κ1) is 15.2. The van der Waals surface area contributed by atoms with Crippen LogP contribution in [0.3, 0.4) is 0 Å². The Hall–Kier alpha value is -3.35. The first-order chi connectivity index (χ1) is 12.1. The molecule has 4 aromatic rings. The molecular weight excluding hydrogens is 321 g/mol. The van der Waals surface area contributed by atoms with E-state index in [0.717, 1.165) is 11.1 Å². The lowest BCUT2D eigenvalue weighted by Crippen LogP contribution is -2.22. The van der Waals surface area contributed by atoms with Crippen molar-refractivity contribution in [3.63, 3.8) is 0 Å². The fourth-order valence-electron chi connectivity index (χ4n) is 2.71. The molecule has 0 aliphatic heterocycles. The summed E-state index contributed by atoms with van der Waals surface area (Å²) < 4.78 is 16.3. The molecule has 2 aromatic heterocycles. The van der Waals surface area contributed by atoms with Gasteiger partial charge in [0.1, 0.15) is 12.1 Å². The van der Waals surface area contributed by atoms with E-state index in [2.05, 4.69) is 15.3 Å². The lowest BCUT2D eigenvalue weighted by molar-refractivity contribution is 0.625. The molecule has 0 unspecified atom stereocenters. The molecular formula is C18H14FN5O. The van der Waals surface area contributed by atoms with E-state index in [9.17, 15) is 9.18 Å². The van der Waals surface area contributed by atoms with Gasteiger partial charge in [0, 0.05) is 0 Å².